The van der Waals surface area contributed by atoms with Crippen LogP contribution in [0.3, 0.4) is 0 Å². The second kappa shape index (κ2) is 6.29. The van der Waals surface area contributed by atoms with Crippen LogP contribution in [0, 0.1) is 6.92 Å². The summed E-state index contributed by atoms with van der Waals surface area (Å²) in [5, 5.41) is 5.72. The minimum Gasteiger partial charge on any atom is -0.352 e. The van der Waals surface area contributed by atoms with Crippen molar-refractivity contribution in [3.63, 3.8) is 0 Å². The highest BCUT2D eigenvalue weighted by molar-refractivity contribution is 5.93. The molecule has 2 aromatic rings. The van der Waals surface area contributed by atoms with E-state index in [1.54, 1.807) is 12.3 Å². The minimum absolute atomic E-state index is 0.0672. The molecule has 0 atom stereocenters. The van der Waals surface area contributed by atoms with Gasteiger partial charge < -0.3 is 10.6 Å². The fourth-order valence-corrected chi connectivity index (χ4v) is 1.90. The molecule has 0 aliphatic carbocycles. The van der Waals surface area contributed by atoms with Gasteiger partial charge in [-0.3, -0.25) is 14.0 Å². The van der Waals surface area contributed by atoms with E-state index in [9.17, 15) is 9.59 Å². The van der Waals surface area contributed by atoms with E-state index in [4.69, 9.17) is 0 Å². The summed E-state index contributed by atoms with van der Waals surface area (Å²) in [6, 6.07) is 3.63. The topological polar surface area (TPSA) is 75.5 Å². The fourth-order valence-electron chi connectivity index (χ4n) is 1.90. The van der Waals surface area contributed by atoms with Crippen LogP contribution in [0.15, 0.2) is 29.3 Å². The molecule has 0 saturated heterocycles. The number of hydrogen-bond acceptors (Lipinski definition) is 4. The number of fused-ring (bicyclic) bond motifs is 1. The number of carbonyl (C=O) groups excluding carboxylic acids is 1. The maximum Gasteiger partial charge on any atom is 0.270 e. The smallest absolute Gasteiger partial charge is 0.270 e. The lowest BCUT2D eigenvalue weighted by Crippen LogP contribution is -2.33. The Hall–Kier alpha value is -2.21. The SMILES string of the molecule is CNCCCNC(=O)c1cnc2ccc(C)cn2c1=O. The molecule has 0 spiro atoms. The molecule has 2 N–H and O–H groups in total. The molecule has 1 amide bonds. The zero-order valence-electron chi connectivity index (χ0n) is 11.6. The first kappa shape index (κ1) is 14.2. The molecule has 0 radical (unpaired) electrons. The van der Waals surface area contributed by atoms with Gasteiger partial charge in [-0.25, -0.2) is 4.98 Å². The largest absolute Gasteiger partial charge is 0.352 e. The molecule has 0 aliphatic heterocycles. The van der Waals surface area contributed by atoms with Crippen molar-refractivity contribution in [3.8, 4) is 0 Å². The Balaban J connectivity index is 2.24. The fraction of sp³-hybridized carbons (Fsp3) is 0.357. The summed E-state index contributed by atoms with van der Waals surface area (Å²) in [6.07, 6.45) is 3.83. The summed E-state index contributed by atoms with van der Waals surface area (Å²) in [7, 11) is 1.85. The third-order valence-corrected chi connectivity index (χ3v) is 2.98. The van der Waals surface area contributed by atoms with Crippen LogP contribution in [0.4, 0.5) is 0 Å². The van der Waals surface area contributed by atoms with Gasteiger partial charge in [-0.05, 0) is 38.6 Å². The maximum atomic E-state index is 12.3. The molecule has 6 nitrogen and oxygen atoms in total. The Labute approximate surface area is 116 Å². The van der Waals surface area contributed by atoms with Gasteiger partial charge in [-0.2, -0.15) is 0 Å². The van der Waals surface area contributed by atoms with Crippen molar-refractivity contribution in [2.24, 2.45) is 0 Å². The van der Waals surface area contributed by atoms with Gasteiger partial charge in [0, 0.05) is 18.9 Å². The van der Waals surface area contributed by atoms with Crippen molar-refractivity contribution >= 4 is 11.6 Å². The molecule has 6 heteroatoms. The van der Waals surface area contributed by atoms with Crippen LogP contribution in [0.1, 0.15) is 22.3 Å². The van der Waals surface area contributed by atoms with Crippen molar-refractivity contribution < 1.29 is 4.79 Å². The van der Waals surface area contributed by atoms with E-state index >= 15 is 0 Å². The first-order valence-corrected chi connectivity index (χ1v) is 6.54. The molecule has 106 valence electrons. The number of amides is 1. The van der Waals surface area contributed by atoms with E-state index in [2.05, 4.69) is 15.6 Å². The number of nitrogens with zero attached hydrogens (tertiary/aromatic N) is 2. The minimum atomic E-state index is -0.380. The highest BCUT2D eigenvalue weighted by Gasteiger charge is 2.12. The van der Waals surface area contributed by atoms with Gasteiger partial charge in [-0.15, -0.1) is 0 Å². The Morgan fingerprint density at radius 1 is 1.35 bits per heavy atom. The number of aromatic nitrogens is 2. The van der Waals surface area contributed by atoms with Gasteiger partial charge in [0.15, 0.2) is 0 Å². The van der Waals surface area contributed by atoms with Gasteiger partial charge in [0.2, 0.25) is 0 Å². The van der Waals surface area contributed by atoms with Crippen LogP contribution in [0.5, 0.6) is 0 Å². The van der Waals surface area contributed by atoms with E-state index < -0.39 is 0 Å². The molecule has 2 rings (SSSR count). The molecule has 0 unspecified atom stereocenters. The predicted molar refractivity (Wildman–Crippen MR) is 77.1 cm³/mol. The van der Waals surface area contributed by atoms with E-state index in [1.807, 2.05) is 20.0 Å². The van der Waals surface area contributed by atoms with Gasteiger partial charge in [-0.1, -0.05) is 6.07 Å². The molecule has 0 bridgehead atoms. The summed E-state index contributed by atoms with van der Waals surface area (Å²) in [5.74, 6) is -0.380. The van der Waals surface area contributed by atoms with E-state index in [0.29, 0.717) is 12.2 Å². The molecular weight excluding hydrogens is 256 g/mol. The highest BCUT2D eigenvalue weighted by Crippen LogP contribution is 2.01. The van der Waals surface area contributed by atoms with Gasteiger partial charge in [0.25, 0.3) is 11.5 Å². The number of hydrogen-bond donors (Lipinski definition) is 2. The number of pyridine rings is 1. The second-order valence-electron chi connectivity index (χ2n) is 4.62. The first-order valence-electron chi connectivity index (χ1n) is 6.54. The standard InChI is InChI=1S/C14H18N4O2/c1-10-4-5-12-17-8-11(14(20)18(12)9-10)13(19)16-7-3-6-15-2/h4-5,8-9,15H,3,6-7H2,1-2H3,(H,16,19). The average Bonchev–Trinajstić information content (AvgIpc) is 2.44. The van der Waals surface area contributed by atoms with Crippen molar-refractivity contribution in [2.75, 3.05) is 20.1 Å². The van der Waals surface area contributed by atoms with E-state index in [1.165, 1.54) is 10.6 Å². The zero-order valence-corrected chi connectivity index (χ0v) is 11.6. The molecule has 2 heterocycles. The summed E-state index contributed by atoms with van der Waals surface area (Å²) < 4.78 is 1.40. The molecule has 2 aromatic heterocycles. The summed E-state index contributed by atoms with van der Waals surface area (Å²) in [5.41, 5.74) is 1.20. The third-order valence-electron chi connectivity index (χ3n) is 2.98. The van der Waals surface area contributed by atoms with Gasteiger partial charge in [0.05, 0.1) is 0 Å². The van der Waals surface area contributed by atoms with Crippen LogP contribution < -0.4 is 16.2 Å². The number of carbonyl (C=O) groups is 1. The van der Waals surface area contributed by atoms with Crippen molar-refractivity contribution in [1.29, 1.82) is 0 Å². The summed E-state index contributed by atoms with van der Waals surface area (Å²) in [4.78, 5) is 28.4. The molecule has 20 heavy (non-hydrogen) atoms. The monoisotopic (exact) mass is 274 g/mol. The lowest BCUT2D eigenvalue weighted by atomic mass is 10.2. The van der Waals surface area contributed by atoms with Crippen LogP contribution in [-0.2, 0) is 0 Å². The van der Waals surface area contributed by atoms with Crippen LogP contribution in [-0.4, -0.2) is 35.4 Å². The molecule has 0 fully saturated rings. The van der Waals surface area contributed by atoms with E-state index in [0.717, 1.165) is 18.5 Å². The van der Waals surface area contributed by atoms with Gasteiger partial charge in [0.1, 0.15) is 11.2 Å². The Morgan fingerprint density at radius 2 is 2.15 bits per heavy atom. The molecular formula is C14H18N4O2. The van der Waals surface area contributed by atoms with Gasteiger partial charge >= 0.3 is 0 Å². The summed E-state index contributed by atoms with van der Waals surface area (Å²) in [6.45, 7) is 3.22. The molecule has 0 aliphatic rings. The zero-order chi connectivity index (χ0) is 14.5. The van der Waals surface area contributed by atoms with Crippen LogP contribution >= 0.6 is 0 Å². The quantitative estimate of drug-likeness (QED) is 0.771. The average molecular weight is 274 g/mol. The highest BCUT2D eigenvalue weighted by atomic mass is 16.2. The number of nitrogens with one attached hydrogen (secondary N) is 2. The first-order chi connectivity index (χ1) is 9.63. The Bertz CT molecular complexity index is 678. The van der Waals surface area contributed by atoms with Crippen LogP contribution in [0.25, 0.3) is 5.65 Å². The normalized spacial score (nSPS) is 10.7. The number of aryl methyl sites for hydroxylation is 1. The van der Waals surface area contributed by atoms with Crippen molar-refractivity contribution in [3.05, 3.63) is 46.0 Å². The van der Waals surface area contributed by atoms with Crippen molar-refractivity contribution in [1.82, 2.24) is 20.0 Å². The molecule has 0 aromatic carbocycles. The Morgan fingerprint density at radius 3 is 2.90 bits per heavy atom. The summed E-state index contributed by atoms with van der Waals surface area (Å²) >= 11 is 0. The second-order valence-corrected chi connectivity index (χ2v) is 4.62. The molecule has 0 saturated carbocycles. The van der Waals surface area contributed by atoms with E-state index in [-0.39, 0.29) is 17.0 Å². The van der Waals surface area contributed by atoms with Crippen molar-refractivity contribution in [2.45, 2.75) is 13.3 Å². The van der Waals surface area contributed by atoms with Crippen LogP contribution in [0.2, 0.25) is 0 Å². The number of rotatable bonds is 5. The predicted octanol–water partition coefficient (Wildman–Crippen LogP) is 0.342. The lowest BCUT2D eigenvalue weighted by Gasteiger charge is -2.06. The lowest BCUT2D eigenvalue weighted by molar-refractivity contribution is 0.0951. The third kappa shape index (κ3) is 3.03. The Kier molecular flexibility index (Phi) is 4.47. The maximum absolute atomic E-state index is 12.3.